The van der Waals surface area contributed by atoms with Gasteiger partial charge in [0.1, 0.15) is 0 Å². The number of hydrogen-bond acceptors (Lipinski definition) is 2. The number of aryl methyl sites for hydroxylation is 2. The van der Waals surface area contributed by atoms with E-state index < -0.39 is 0 Å². The van der Waals surface area contributed by atoms with E-state index in [2.05, 4.69) is 56.0 Å². The fourth-order valence-corrected chi connectivity index (χ4v) is 4.03. The molecule has 1 aromatic carbocycles. The summed E-state index contributed by atoms with van der Waals surface area (Å²) in [5.74, 6) is 1.24. The van der Waals surface area contributed by atoms with Gasteiger partial charge in [0.15, 0.2) is 0 Å². The van der Waals surface area contributed by atoms with Gasteiger partial charge in [0, 0.05) is 17.8 Å². The molecule has 0 heterocycles. The van der Waals surface area contributed by atoms with Crippen molar-refractivity contribution in [2.45, 2.75) is 57.9 Å². The Kier molecular flexibility index (Phi) is 5.13. The minimum Gasteiger partial charge on any atom is -0.309 e. The summed E-state index contributed by atoms with van der Waals surface area (Å²) in [6.07, 6.45) is 4.13. The van der Waals surface area contributed by atoms with E-state index in [-0.39, 0.29) is 0 Å². The predicted molar refractivity (Wildman–Crippen MR) is 82.3 cm³/mol. The van der Waals surface area contributed by atoms with Gasteiger partial charge in [-0.1, -0.05) is 37.1 Å². The lowest BCUT2D eigenvalue weighted by molar-refractivity contribution is 0.531. The normalized spacial score (nSPS) is 23.5. The van der Waals surface area contributed by atoms with Crippen LogP contribution in [-0.4, -0.2) is 17.0 Å². The van der Waals surface area contributed by atoms with Gasteiger partial charge in [-0.3, -0.25) is 0 Å². The summed E-state index contributed by atoms with van der Waals surface area (Å²) >= 11 is 2.13. The lowest BCUT2D eigenvalue weighted by Crippen LogP contribution is -2.33. The second-order valence-electron chi connectivity index (χ2n) is 5.34. The zero-order chi connectivity index (χ0) is 13.0. The topological polar surface area (TPSA) is 12.0 Å². The molecule has 0 amide bonds. The molecule has 2 atom stereocenters. The maximum Gasteiger partial charge on any atom is 0.0211 e. The maximum absolute atomic E-state index is 3.78. The molecule has 1 aliphatic rings. The van der Waals surface area contributed by atoms with Crippen LogP contribution in [0.1, 0.15) is 42.9 Å². The van der Waals surface area contributed by atoms with Crippen molar-refractivity contribution >= 4 is 11.8 Å². The summed E-state index contributed by atoms with van der Waals surface area (Å²) in [5, 5.41) is 4.61. The van der Waals surface area contributed by atoms with E-state index >= 15 is 0 Å². The van der Waals surface area contributed by atoms with E-state index in [0.717, 1.165) is 17.8 Å². The highest BCUT2D eigenvalue weighted by molar-refractivity contribution is 7.99. The van der Waals surface area contributed by atoms with Crippen LogP contribution in [-0.2, 0) is 6.54 Å². The molecule has 2 rings (SSSR count). The number of hydrogen-bond donors (Lipinski definition) is 1. The van der Waals surface area contributed by atoms with Gasteiger partial charge in [0.25, 0.3) is 0 Å². The van der Waals surface area contributed by atoms with Crippen molar-refractivity contribution in [3.05, 3.63) is 34.9 Å². The van der Waals surface area contributed by atoms with Crippen molar-refractivity contribution in [2.75, 3.05) is 5.75 Å². The molecule has 0 aromatic heterocycles. The lowest BCUT2D eigenvalue weighted by atomic mass is 10.1. The molecule has 1 aliphatic carbocycles. The van der Waals surface area contributed by atoms with Crippen LogP contribution in [0.3, 0.4) is 0 Å². The molecule has 0 spiro atoms. The van der Waals surface area contributed by atoms with Crippen LogP contribution >= 0.6 is 11.8 Å². The molecule has 18 heavy (non-hydrogen) atoms. The Balaban J connectivity index is 1.92. The van der Waals surface area contributed by atoms with Crippen molar-refractivity contribution < 1.29 is 0 Å². The number of thioether (sulfide) groups is 1. The molecule has 0 saturated heterocycles. The number of rotatable bonds is 5. The second kappa shape index (κ2) is 6.63. The third kappa shape index (κ3) is 3.52. The van der Waals surface area contributed by atoms with Gasteiger partial charge < -0.3 is 5.32 Å². The standard InChI is InChI=1S/C16H25NS/c1-4-18-16-7-5-6-15(16)17-11-14-10-12(2)8-9-13(14)3/h8-10,15-17H,4-7,11H2,1-3H3. The van der Waals surface area contributed by atoms with Crippen molar-refractivity contribution in [2.24, 2.45) is 0 Å². The quantitative estimate of drug-likeness (QED) is 0.859. The lowest BCUT2D eigenvalue weighted by Gasteiger charge is -2.21. The Labute approximate surface area is 116 Å². The largest absolute Gasteiger partial charge is 0.309 e. The summed E-state index contributed by atoms with van der Waals surface area (Å²) in [6, 6.07) is 7.47. The molecule has 0 bridgehead atoms. The highest BCUT2D eigenvalue weighted by Gasteiger charge is 2.26. The fraction of sp³-hybridized carbons (Fsp3) is 0.625. The summed E-state index contributed by atoms with van der Waals surface area (Å²) < 4.78 is 0. The summed E-state index contributed by atoms with van der Waals surface area (Å²) in [7, 11) is 0. The van der Waals surface area contributed by atoms with E-state index in [9.17, 15) is 0 Å². The van der Waals surface area contributed by atoms with E-state index in [1.54, 1.807) is 0 Å². The van der Waals surface area contributed by atoms with Crippen LogP contribution in [0.15, 0.2) is 18.2 Å². The Hall–Kier alpha value is -0.470. The Morgan fingerprint density at radius 3 is 2.89 bits per heavy atom. The first-order chi connectivity index (χ1) is 8.70. The molecule has 1 saturated carbocycles. The van der Waals surface area contributed by atoms with Crippen LogP contribution < -0.4 is 5.32 Å². The van der Waals surface area contributed by atoms with Gasteiger partial charge in [-0.2, -0.15) is 11.8 Å². The molecule has 100 valence electrons. The maximum atomic E-state index is 3.78. The zero-order valence-corrected chi connectivity index (χ0v) is 12.6. The van der Waals surface area contributed by atoms with Gasteiger partial charge in [0.2, 0.25) is 0 Å². The van der Waals surface area contributed by atoms with Crippen molar-refractivity contribution in [1.82, 2.24) is 5.32 Å². The first-order valence-electron chi connectivity index (χ1n) is 7.12. The highest BCUT2D eigenvalue weighted by Crippen LogP contribution is 2.30. The Bertz CT molecular complexity index is 389. The van der Waals surface area contributed by atoms with Gasteiger partial charge in [0.05, 0.1) is 0 Å². The van der Waals surface area contributed by atoms with E-state index in [1.165, 1.54) is 41.7 Å². The minimum atomic E-state index is 0.717. The van der Waals surface area contributed by atoms with Crippen LogP contribution in [0.5, 0.6) is 0 Å². The molecule has 1 nitrogen and oxygen atoms in total. The number of nitrogens with one attached hydrogen (secondary N) is 1. The van der Waals surface area contributed by atoms with Gasteiger partial charge in [-0.25, -0.2) is 0 Å². The van der Waals surface area contributed by atoms with Crippen LogP contribution in [0.4, 0.5) is 0 Å². The third-order valence-corrected chi connectivity index (χ3v) is 5.22. The second-order valence-corrected chi connectivity index (χ2v) is 6.86. The highest BCUT2D eigenvalue weighted by atomic mass is 32.2. The molecule has 2 heteroatoms. The van der Waals surface area contributed by atoms with Crippen LogP contribution in [0.2, 0.25) is 0 Å². The number of benzene rings is 1. The smallest absolute Gasteiger partial charge is 0.0211 e. The van der Waals surface area contributed by atoms with Crippen LogP contribution in [0.25, 0.3) is 0 Å². The molecular formula is C16H25NS. The third-order valence-electron chi connectivity index (χ3n) is 3.89. The minimum absolute atomic E-state index is 0.717. The molecule has 1 aromatic rings. The monoisotopic (exact) mass is 263 g/mol. The molecule has 1 fully saturated rings. The summed E-state index contributed by atoms with van der Waals surface area (Å²) in [5.41, 5.74) is 4.23. The molecule has 2 unspecified atom stereocenters. The zero-order valence-electron chi connectivity index (χ0n) is 11.8. The Morgan fingerprint density at radius 2 is 2.11 bits per heavy atom. The van der Waals surface area contributed by atoms with Gasteiger partial charge >= 0.3 is 0 Å². The van der Waals surface area contributed by atoms with Crippen molar-refractivity contribution in [3.8, 4) is 0 Å². The average molecular weight is 263 g/mol. The molecule has 0 radical (unpaired) electrons. The van der Waals surface area contributed by atoms with Gasteiger partial charge in [-0.15, -0.1) is 0 Å². The van der Waals surface area contributed by atoms with Gasteiger partial charge in [-0.05, 0) is 43.6 Å². The fourth-order valence-electron chi connectivity index (χ4n) is 2.80. The van der Waals surface area contributed by atoms with E-state index in [0.29, 0.717) is 0 Å². The summed E-state index contributed by atoms with van der Waals surface area (Å²) in [6.45, 7) is 7.68. The van der Waals surface area contributed by atoms with E-state index in [1.807, 2.05) is 0 Å². The van der Waals surface area contributed by atoms with Crippen LogP contribution in [0, 0.1) is 13.8 Å². The Morgan fingerprint density at radius 1 is 1.28 bits per heavy atom. The molecule has 1 N–H and O–H groups in total. The van der Waals surface area contributed by atoms with Crippen molar-refractivity contribution in [1.29, 1.82) is 0 Å². The average Bonchev–Trinajstić information content (AvgIpc) is 2.78. The SMILES string of the molecule is CCSC1CCCC1NCc1cc(C)ccc1C. The molecular weight excluding hydrogens is 238 g/mol. The first-order valence-corrected chi connectivity index (χ1v) is 8.16. The summed E-state index contributed by atoms with van der Waals surface area (Å²) in [4.78, 5) is 0. The first kappa shape index (κ1) is 14.0. The molecule has 0 aliphatic heterocycles. The predicted octanol–water partition coefficient (Wildman–Crippen LogP) is 4.07. The van der Waals surface area contributed by atoms with Crippen molar-refractivity contribution in [3.63, 3.8) is 0 Å². The van der Waals surface area contributed by atoms with E-state index in [4.69, 9.17) is 0 Å².